The average Bonchev–Trinajstić information content (AvgIpc) is 2.35. The highest BCUT2D eigenvalue weighted by atomic mass is 19.1. The number of benzene rings is 1. The molecular formula is C15H18FNO5. The van der Waals surface area contributed by atoms with Crippen molar-refractivity contribution >= 4 is 23.5 Å². The number of esters is 1. The van der Waals surface area contributed by atoms with Crippen molar-refractivity contribution in [1.82, 2.24) is 0 Å². The average molecular weight is 311 g/mol. The van der Waals surface area contributed by atoms with Crippen LogP contribution in [0.4, 0.5) is 14.9 Å². The Morgan fingerprint density at radius 2 is 1.86 bits per heavy atom. The van der Waals surface area contributed by atoms with E-state index in [1.807, 2.05) is 0 Å². The number of nitrogens with one attached hydrogen (secondary N) is 1. The number of Topliss-reactive ketones (excluding diaryl/α,β-unsaturated/α-hetero) is 1. The van der Waals surface area contributed by atoms with Crippen molar-refractivity contribution in [3.05, 3.63) is 29.6 Å². The van der Waals surface area contributed by atoms with E-state index in [-0.39, 0.29) is 11.3 Å². The van der Waals surface area contributed by atoms with Crippen LogP contribution in [0.2, 0.25) is 0 Å². The lowest BCUT2D eigenvalue weighted by atomic mass is 10.1. The number of hydrogen-bond donors (Lipinski definition) is 1. The molecule has 0 spiro atoms. The van der Waals surface area contributed by atoms with Gasteiger partial charge in [-0.05, 0) is 39.0 Å². The lowest BCUT2D eigenvalue weighted by Gasteiger charge is -2.19. The van der Waals surface area contributed by atoms with E-state index in [1.165, 1.54) is 12.1 Å². The highest BCUT2D eigenvalue weighted by Gasteiger charge is 2.19. The van der Waals surface area contributed by atoms with Crippen LogP contribution in [0.15, 0.2) is 18.2 Å². The summed E-state index contributed by atoms with van der Waals surface area (Å²) in [5, 5.41) is 2.35. The van der Waals surface area contributed by atoms with E-state index >= 15 is 0 Å². The van der Waals surface area contributed by atoms with Crippen molar-refractivity contribution in [3.63, 3.8) is 0 Å². The summed E-state index contributed by atoms with van der Waals surface area (Å²) < 4.78 is 23.3. The number of methoxy groups -OCH3 is 1. The van der Waals surface area contributed by atoms with Gasteiger partial charge in [0.05, 0.1) is 12.7 Å². The molecule has 0 fully saturated rings. The molecule has 1 N–H and O–H groups in total. The summed E-state index contributed by atoms with van der Waals surface area (Å²) in [7, 11) is 1.14. The summed E-state index contributed by atoms with van der Waals surface area (Å²) in [5.41, 5.74) is -0.791. The summed E-state index contributed by atoms with van der Waals surface area (Å²) in [6, 6.07) is 3.51. The molecule has 0 aliphatic carbocycles. The molecule has 120 valence electrons. The van der Waals surface area contributed by atoms with Crippen molar-refractivity contribution < 1.29 is 28.2 Å². The van der Waals surface area contributed by atoms with Crippen LogP contribution in [-0.4, -0.2) is 30.6 Å². The van der Waals surface area contributed by atoms with Gasteiger partial charge in [-0.1, -0.05) is 0 Å². The Hall–Kier alpha value is -2.44. The predicted octanol–water partition coefficient (Wildman–Crippen LogP) is 2.92. The third-order valence-corrected chi connectivity index (χ3v) is 2.45. The summed E-state index contributed by atoms with van der Waals surface area (Å²) in [6.45, 7) is 5.09. The maximum absolute atomic E-state index is 13.9. The van der Waals surface area contributed by atoms with Crippen LogP contribution in [0.25, 0.3) is 0 Å². The van der Waals surface area contributed by atoms with Crippen LogP contribution < -0.4 is 5.32 Å². The van der Waals surface area contributed by atoms with E-state index < -0.39 is 35.7 Å². The minimum atomic E-state index is -0.845. The second kappa shape index (κ2) is 7.02. The van der Waals surface area contributed by atoms with Gasteiger partial charge in [-0.2, -0.15) is 0 Å². The van der Waals surface area contributed by atoms with Gasteiger partial charge in [-0.15, -0.1) is 0 Å². The first kappa shape index (κ1) is 17.6. The third-order valence-electron chi connectivity index (χ3n) is 2.45. The van der Waals surface area contributed by atoms with E-state index in [9.17, 15) is 18.8 Å². The Kier molecular flexibility index (Phi) is 5.62. The number of hydrogen-bond acceptors (Lipinski definition) is 5. The Morgan fingerprint density at radius 1 is 1.23 bits per heavy atom. The van der Waals surface area contributed by atoms with E-state index in [2.05, 4.69) is 10.1 Å². The van der Waals surface area contributed by atoms with Gasteiger partial charge in [0.25, 0.3) is 0 Å². The lowest BCUT2D eigenvalue weighted by Crippen LogP contribution is -2.27. The van der Waals surface area contributed by atoms with Gasteiger partial charge in [0.2, 0.25) is 0 Å². The molecule has 7 heteroatoms. The van der Waals surface area contributed by atoms with Gasteiger partial charge >= 0.3 is 12.1 Å². The van der Waals surface area contributed by atoms with Crippen LogP contribution in [0.5, 0.6) is 0 Å². The zero-order valence-corrected chi connectivity index (χ0v) is 12.9. The van der Waals surface area contributed by atoms with Gasteiger partial charge in [-0.25, -0.2) is 9.18 Å². The standard InChI is InChI=1S/C15H18FNO5/c1-15(2,3)22-14(20)17-9-5-6-10(11(16)7-9)12(18)8-13(19)21-4/h5-7H,8H2,1-4H3,(H,17,20). The third kappa shape index (κ3) is 5.51. The summed E-state index contributed by atoms with van der Waals surface area (Å²) in [4.78, 5) is 34.3. The maximum Gasteiger partial charge on any atom is 0.412 e. The van der Waals surface area contributed by atoms with Crippen LogP contribution in [-0.2, 0) is 14.3 Å². The minimum absolute atomic E-state index is 0.140. The van der Waals surface area contributed by atoms with Crippen molar-refractivity contribution in [2.24, 2.45) is 0 Å². The van der Waals surface area contributed by atoms with Crippen molar-refractivity contribution in [1.29, 1.82) is 0 Å². The van der Waals surface area contributed by atoms with Gasteiger partial charge < -0.3 is 9.47 Å². The molecule has 0 aliphatic heterocycles. The normalized spacial score (nSPS) is 10.8. The molecule has 0 saturated carbocycles. The quantitative estimate of drug-likeness (QED) is 0.525. The van der Waals surface area contributed by atoms with Gasteiger partial charge in [0, 0.05) is 5.69 Å². The van der Waals surface area contributed by atoms with E-state index in [0.29, 0.717) is 0 Å². The molecular weight excluding hydrogens is 293 g/mol. The first-order valence-electron chi connectivity index (χ1n) is 6.52. The zero-order valence-electron chi connectivity index (χ0n) is 12.9. The van der Waals surface area contributed by atoms with Gasteiger partial charge in [0.1, 0.15) is 17.8 Å². The first-order chi connectivity index (χ1) is 10.1. The molecule has 6 nitrogen and oxygen atoms in total. The van der Waals surface area contributed by atoms with Crippen LogP contribution in [0.1, 0.15) is 37.6 Å². The van der Waals surface area contributed by atoms with E-state index in [0.717, 1.165) is 13.2 Å². The number of halogens is 1. The molecule has 0 heterocycles. The number of ketones is 1. The topological polar surface area (TPSA) is 81.7 Å². The summed E-state index contributed by atoms with van der Waals surface area (Å²) in [6.07, 6.45) is -1.28. The van der Waals surface area contributed by atoms with Crippen LogP contribution in [0.3, 0.4) is 0 Å². The largest absolute Gasteiger partial charge is 0.469 e. The fourth-order valence-corrected chi connectivity index (χ4v) is 1.54. The smallest absolute Gasteiger partial charge is 0.412 e. The Bertz CT molecular complexity index is 592. The Balaban J connectivity index is 2.79. The van der Waals surface area contributed by atoms with E-state index in [1.54, 1.807) is 20.8 Å². The Morgan fingerprint density at radius 3 is 2.36 bits per heavy atom. The number of carbonyl (C=O) groups is 3. The second-order valence-electron chi connectivity index (χ2n) is 5.50. The SMILES string of the molecule is COC(=O)CC(=O)c1ccc(NC(=O)OC(C)(C)C)cc1F. The lowest BCUT2D eigenvalue weighted by molar-refractivity contribution is -0.139. The fraction of sp³-hybridized carbons (Fsp3) is 0.400. The zero-order chi connectivity index (χ0) is 16.9. The molecule has 0 bridgehead atoms. The molecule has 0 aliphatic rings. The molecule has 0 saturated heterocycles. The first-order valence-corrected chi connectivity index (χ1v) is 6.52. The summed E-state index contributed by atoms with van der Waals surface area (Å²) >= 11 is 0. The number of carbonyl (C=O) groups excluding carboxylic acids is 3. The van der Waals surface area contributed by atoms with Crippen molar-refractivity contribution in [2.45, 2.75) is 32.8 Å². The molecule has 0 atom stereocenters. The van der Waals surface area contributed by atoms with Crippen molar-refractivity contribution in [2.75, 3.05) is 12.4 Å². The van der Waals surface area contributed by atoms with Crippen LogP contribution >= 0.6 is 0 Å². The molecule has 1 aromatic carbocycles. The molecule has 1 amide bonds. The maximum atomic E-state index is 13.9. The fourth-order valence-electron chi connectivity index (χ4n) is 1.54. The molecule has 0 unspecified atom stereocenters. The highest BCUT2D eigenvalue weighted by molar-refractivity contribution is 6.06. The number of amides is 1. The van der Waals surface area contributed by atoms with Gasteiger partial charge in [-0.3, -0.25) is 14.9 Å². The van der Waals surface area contributed by atoms with E-state index in [4.69, 9.17) is 4.74 Å². The van der Waals surface area contributed by atoms with Crippen LogP contribution in [0, 0.1) is 5.82 Å². The molecule has 0 aromatic heterocycles. The number of anilines is 1. The Labute approximate surface area is 127 Å². The molecule has 1 aromatic rings. The minimum Gasteiger partial charge on any atom is -0.469 e. The highest BCUT2D eigenvalue weighted by Crippen LogP contribution is 2.17. The monoisotopic (exact) mass is 311 g/mol. The number of rotatable bonds is 4. The summed E-state index contributed by atoms with van der Waals surface area (Å²) in [5.74, 6) is -2.30. The number of ether oxygens (including phenoxy) is 2. The van der Waals surface area contributed by atoms with Gasteiger partial charge in [0.15, 0.2) is 5.78 Å². The molecule has 0 radical (unpaired) electrons. The molecule has 1 rings (SSSR count). The molecule has 22 heavy (non-hydrogen) atoms. The van der Waals surface area contributed by atoms with Crippen molar-refractivity contribution in [3.8, 4) is 0 Å². The second-order valence-corrected chi connectivity index (χ2v) is 5.50. The predicted molar refractivity (Wildman–Crippen MR) is 77.2 cm³/mol.